The number of thiazole rings is 1. The van der Waals surface area contributed by atoms with Gasteiger partial charge in [0.25, 0.3) is 0 Å². The van der Waals surface area contributed by atoms with Gasteiger partial charge in [0, 0.05) is 18.0 Å². The van der Waals surface area contributed by atoms with E-state index >= 15 is 0 Å². The van der Waals surface area contributed by atoms with Gasteiger partial charge < -0.3 is 10.6 Å². The number of aromatic nitrogens is 1. The third-order valence-electron chi connectivity index (χ3n) is 4.07. The minimum absolute atomic E-state index is 0.0719. The van der Waals surface area contributed by atoms with Gasteiger partial charge in [0.15, 0.2) is 5.13 Å². The Morgan fingerprint density at radius 3 is 3.05 bits per heavy atom. The highest BCUT2D eigenvalue weighted by molar-refractivity contribution is 7.15. The summed E-state index contributed by atoms with van der Waals surface area (Å²) in [5.74, 6) is -0.215. The second-order valence-corrected chi connectivity index (χ2v) is 6.72. The van der Waals surface area contributed by atoms with E-state index in [4.69, 9.17) is 0 Å². The summed E-state index contributed by atoms with van der Waals surface area (Å²) in [6, 6.07) is -0.381. The molecule has 1 atom stereocenters. The number of likely N-dealkylation sites (N-methyl/N-ethyl adjacent to an activating group) is 1. The normalized spacial score (nSPS) is 22.5. The van der Waals surface area contributed by atoms with Crippen LogP contribution in [0.5, 0.6) is 0 Å². The van der Waals surface area contributed by atoms with Crippen molar-refractivity contribution in [2.24, 2.45) is 0 Å². The van der Waals surface area contributed by atoms with E-state index in [1.165, 1.54) is 17.7 Å². The zero-order valence-corrected chi connectivity index (χ0v) is 13.0. The Hall–Kier alpha value is -1.47. The van der Waals surface area contributed by atoms with Crippen molar-refractivity contribution in [3.63, 3.8) is 0 Å². The maximum Gasteiger partial charge on any atom is 0.237 e. The molecule has 2 N–H and O–H groups in total. The van der Waals surface area contributed by atoms with Gasteiger partial charge in [0.2, 0.25) is 11.8 Å². The van der Waals surface area contributed by atoms with Crippen molar-refractivity contribution >= 4 is 28.3 Å². The molecule has 2 aliphatic rings. The van der Waals surface area contributed by atoms with E-state index in [9.17, 15) is 9.59 Å². The topological polar surface area (TPSA) is 74.3 Å². The van der Waals surface area contributed by atoms with Crippen LogP contribution in [0.4, 0.5) is 5.13 Å². The number of hydrogen-bond donors (Lipinski definition) is 2. The van der Waals surface area contributed by atoms with E-state index in [-0.39, 0.29) is 24.3 Å². The number of carbonyl (C=O) groups is 2. The largest absolute Gasteiger partial charge is 0.353 e. The fourth-order valence-electron chi connectivity index (χ4n) is 2.83. The van der Waals surface area contributed by atoms with Gasteiger partial charge in [-0.1, -0.05) is 0 Å². The average Bonchev–Trinajstić information content (AvgIpc) is 2.85. The van der Waals surface area contributed by atoms with Gasteiger partial charge >= 0.3 is 0 Å². The number of anilines is 1. The lowest BCUT2D eigenvalue weighted by atomic mass is 10.0. The van der Waals surface area contributed by atoms with Crippen molar-refractivity contribution in [2.45, 2.75) is 38.1 Å². The molecular weight excluding hydrogens is 288 g/mol. The first kappa shape index (κ1) is 14.5. The molecule has 114 valence electrons. The van der Waals surface area contributed by atoms with Gasteiger partial charge in [-0.3, -0.25) is 14.5 Å². The molecule has 1 aliphatic heterocycles. The molecule has 2 heterocycles. The van der Waals surface area contributed by atoms with Crippen molar-refractivity contribution in [1.29, 1.82) is 0 Å². The number of hydrogen-bond acceptors (Lipinski definition) is 5. The van der Waals surface area contributed by atoms with E-state index in [2.05, 4.69) is 15.6 Å². The molecular formula is C14H20N4O2S. The molecule has 6 nitrogen and oxygen atoms in total. The first-order valence-corrected chi connectivity index (χ1v) is 8.21. The van der Waals surface area contributed by atoms with Gasteiger partial charge in [0.05, 0.1) is 18.2 Å². The first-order chi connectivity index (χ1) is 10.1. The Labute approximate surface area is 127 Å². The summed E-state index contributed by atoms with van der Waals surface area (Å²) >= 11 is 1.57. The molecule has 7 heteroatoms. The number of carbonyl (C=O) groups excluding carboxylic acids is 2. The van der Waals surface area contributed by atoms with Crippen LogP contribution in [0.15, 0.2) is 0 Å². The highest BCUT2D eigenvalue weighted by atomic mass is 32.1. The Balaban J connectivity index is 1.61. The summed E-state index contributed by atoms with van der Waals surface area (Å²) in [7, 11) is 1.87. The predicted octanol–water partition coefficient (Wildman–Crippen LogP) is 0.781. The number of aryl methyl sites for hydroxylation is 2. The summed E-state index contributed by atoms with van der Waals surface area (Å²) in [6.45, 7) is 1.42. The molecule has 0 saturated carbocycles. The van der Waals surface area contributed by atoms with Gasteiger partial charge in [-0.25, -0.2) is 4.98 Å². The van der Waals surface area contributed by atoms with Gasteiger partial charge in [0.1, 0.15) is 0 Å². The molecule has 1 fully saturated rings. The first-order valence-electron chi connectivity index (χ1n) is 7.40. The second-order valence-electron chi connectivity index (χ2n) is 5.64. The summed E-state index contributed by atoms with van der Waals surface area (Å²) < 4.78 is 0. The molecule has 21 heavy (non-hydrogen) atoms. The van der Waals surface area contributed by atoms with Crippen LogP contribution in [-0.2, 0) is 22.4 Å². The average molecular weight is 308 g/mol. The summed E-state index contributed by atoms with van der Waals surface area (Å²) in [5, 5.41) is 6.32. The van der Waals surface area contributed by atoms with Crippen molar-refractivity contribution in [3.05, 3.63) is 10.6 Å². The molecule has 1 aromatic heterocycles. The summed E-state index contributed by atoms with van der Waals surface area (Å²) in [6.07, 6.45) is 4.63. The van der Waals surface area contributed by atoms with Crippen molar-refractivity contribution in [3.8, 4) is 0 Å². The monoisotopic (exact) mass is 308 g/mol. The number of amides is 2. The minimum Gasteiger partial charge on any atom is -0.353 e. The molecule has 1 aliphatic carbocycles. The van der Waals surface area contributed by atoms with Crippen molar-refractivity contribution < 1.29 is 9.59 Å². The lowest BCUT2D eigenvalue weighted by molar-refractivity contribution is -0.131. The van der Waals surface area contributed by atoms with Crippen LogP contribution in [0, 0.1) is 0 Å². The van der Waals surface area contributed by atoms with Crippen LogP contribution < -0.4 is 10.6 Å². The van der Waals surface area contributed by atoms with Gasteiger partial charge in [-0.2, -0.15) is 0 Å². The smallest absolute Gasteiger partial charge is 0.237 e. The van der Waals surface area contributed by atoms with Crippen molar-refractivity contribution in [1.82, 2.24) is 15.2 Å². The Morgan fingerprint density at radius 2 is 2.29 bits per heavy atom. The lowest BCUT2D eigenvalue weighted by Crippen LogP contribution is -2.54. The zero-order valence-electron chi connectivity index (χ0n) is 12.1. The van der Waals surface area contributed by atoms with E-state index < -0.39 is 0 Å². The SMILES string of the molecule is CN1CCNC(=O)C1CC(=O)Nc1nc2c(s1)CCCC2. The third-order valence-corrected chi connectivity index (χ3v) is 5.14. The minimum atomic E-state index is -0.381. The fourth-order valence-corrected chi connectivity index (χ4v) is 3.90. The predicted molar refractivity (Wildman–Crippen MR) is 81.4 cm³/mol. The van der Waals surface area contributed by atoms with E-state index in [0.29, 0.717) is 11.7 Å². The van der Waals surface area contributed by atoms with E-state index in [1.54, 1.807) is 11.3 Å². The number of nitrogens with one attached hydrogen (secondary N) is 2. The molecule has 0 spiro atoms. The third kappa shape index (κ3) is 3.24. The van der Waals surface area contributed by atoms with Crippen LogP contribution in [0.25, 0.3) is 0 Å². The molecule has 1 saturated heterocycles. The zero-order chi connectivity index (χ0) is 14.8. The second kappa shape index (κ2) is 6.11. The maximum atomic E-state index is 12.1. The Morgan fingerprint density at radius 1 is 1.48 bits per heavy atom. The maximum absolute atomic E-state index is 12.1. The van der Waals surface area contributed by atoms with E-state index in [1.807, 2.05) is 11.9 Å². The standard InChI is InChI=1S/C14H20N4O2S/c1-18-7-6-15-13(20)10(18)8-12(19)17-14-16-9-4-2-3-5-11(9)21-14/h10H,2-8H2,1H3,(H,15,20)(H,16,17,19). The summed E-state index contributed by atoms with van der Waals surface area (Å²) in [5.41, 5.74) is 1.13. The highest BCUT2D eigenvalue weighted by Gasteiger charge is 2.29. The molecule has 0 radical (unpaired) electrons. The number of rotatable bonds is 3. The lowest BCUT2D eigenvalue weighted by Gasteiger charge is -2.31. The fraction of sp³-hybridized carbons (Fsp3) is 0.643. The molecule has 3 rings (SSSR count). The van der Waals surface area contributed by atoms with Crippen LogP contribution in [0.3, 0.4) is 0 Å². The van der Waals surface area contributed by atoms with Crippen LogP contribution in [-0.4, -0.2) is 47.9 Å². The molecule has 0 aromatic carbocycles. The number of fused-ring (bicyclic) bond motifs is 1. The van der Waals surface area contributed by atoms with Crippen LogP contribution in [0.1, 0.15) is 29.8 Å². The Bertz CT molecular complexity index is 534. The summed E-state index contributed by atoms with van der Waals surface area (Å²) in [4.78, 5) is 31.7. The van der Waals surface area contributed by atoms with Crippen LogP contribution >= 0.6 is 11.3 Å². The Kier molecular flexibility index (Phi) is 4.21. The number of nitrogens with zero attached hydrogens (tertiary/aromatic N) is 2. The quantitative estimate of drug-likeness (QED) is 0.865. The molecule has 1 aromatic rings. The van der Waals surface area contributed by atoms with Gasteiger partial charge in [-0.05, 0) is 32.7 Å². The molecule has 1 unspecified atom stereocenters. The molecule has 0 bridgehead atoms. The molecule has 2 amide bonds. The van der Waals surface area contributed by atoms with Gasteiger partial charge in [-0.15, -0.1) is 11.3 Å². The highest BCUT2D eigenvalue weighted by Crippen LogP contribution is 2.29. The van der Waals surface area contributed by atoms with Crippen molar-refractivity contribution in [2.75, 3.05) is 25.5 Å². The van der Waals surface area contributed by atoms with Crippen LogP contribution in [0.2, 0.25) is 0 Å². The number of piperazine rings is 1. The van der Waals surface area contributed by atoms with E-state index in [0.717, 1.165) is 25.1 Å².